The topological polar surface area (TPSA) is 49.8 Å². The molecule has 4 nitrogen and oxygen atoms in total. The highest BCUT2D eigenvalue weighted by atomic mass is 32.1. The molecule has 1 aliphatic rings. The molecule has 0 amide bonds. The largest absolute Gasteiger partial charge is 0.360 e. The lowest BCUT2D eigenvalue weighted by atomic mass is 9.96. The molecule has 0 aliphatic heterocycles. The van der Waals surface area contributed by atoms with Crippen LogP contribution in [0.15, 0.2) is 30.5 Å². The summed E-state index contributed by atoms with van der Waals surface area (Å²) in [5, 5.41) is 11.2. The summed E-state index contributed by atoms with van der Waals surface area (Å²) in [5.74, 6) is 0. The molecule has 2 aromatic rings. The fourth-order valence-electron chi connectivity index (χ4n) is 2.61. The second-order valence-corrected chi connectivity index (χ2v) is 6.49. The predicted molar refractivity (Wildman–Crippen MR) is 91.6 cm³/mol. The molecule has 1 fully saturated rings. The van der Waals surface area contributed by atoms with Crippen LogP contribution in [0, 0.1) is 0 Å². The smallest absolute Gasteiger partial charge is 0.170 e. The Kier molecular flexibility index (Phi) is 4.77. The van der Waals surface area contributed by atoms with E-state index in [2.05, 4.69) is 32.4 Å². The average molecular weight is 318 g/mol. The molecule has 0 bridgehead atoms. The molecule has 1 heterocycles. The predicted octanol–water partition coefficient (Wildman–Crippen LogP) is 3.82. The molecule has 2 N–H and O–H groups in total. The van der Waals surface area contributed by atoms with E-state index in [4.69, 9.17) is 12.2 Å². The van der Waals surface area contributed by atoms with Crippen molar-refractivity contribution in [3.63, 3.8) is 0 Å². The van der Waals surface area contributed by atoms with E-state index in [-0.39, 0.29) is 0 Å². The number of anilines is 1. The molecule has 6 heteroatoms. The molecule has 0 radical (unpaired) electrons. The van der Waals surface area contributed by atoms with Crippen LogP contribution >= 0.6 is 23.8 Å². The highest BCUT2D eigenvalue weighted by molar-refractivity contribution is 7.80. The SMILES string of the molecule is S=C(Nc1ccc(-c2cnns2)cc1)NC1CCCCC1. The lowest BCUT2D eigenvalue weighted by Crippen LogP contribution is -2.38. The first-order valence-corrected chi connectivity index (χ1v) is 8.45. The molecule has 0 unspecified atom stereocenters. The van der Waals surface area contributed by atoms with Gasteiger partial charge >= 0.3 is 0 Å². The van der Waals surface area contributed by atoms with Crippen LogP contribution in [0.1, 0.15) is 32.1 Å². The van der Waals surface area contributed by atoms with Gasteiger partial charge in [0.25, 0.3) is 0 Å². The van der Waals surface area contributed by atoms with Crippen LogP contribution in [-0.4, -0.2) is 20.7 Å². The van der Waals surface area contributed by atoms with E-state index in [1.165, 1.54) is 43.6 Å². The Morgan fingerprint density at radius 2 is 1.90 bits per heavy atom. The van der Waals surface area contributed by atoms with Crippen molar-refractivity contribution in [3.05, 3.63) is 30.5 Å². The molecule has 110 valence electrons. The van der Waals surface area contributed by atoms with Gasteiger partial charge < -0.3 is 10.6 Å². The van der Waals surface area contributed by atoms with Crippen LogP contribution in [0.2, 0.25) is 0 Å². The Bertz CT molecular complexity index is 574. The summed E-state index contributed by atoms with van der Waals surface area (Å²) in [6, 6.07) is 8.70. The third-order valence-corrected chi connectivity index (χ3v) is 4.66. The minimum absolute atomic E-state index is 0.529. The quantitative estimate of drug-likeness (QED) is 0.843. The van der Waals surface area contributed by atoms with E-state index in [1.807, 2.05) is 12.1 Å². The number of aromatic nitrogens is 2. The average Bonchev–Trinajstić information content (AvgIpc) is 3.03. The van der Waals surface area contributed by atoms with Gasteiger partial charge in [-0.1, -0.05) is 35.9 Å². The molecule has 3 rings (SSSR count). The van der Waals surface area contributed by atoms with Gasteiger partial charge in [-0.2, -0.15) is 0 Å². The van der Waals surface area contributed by atoms with E-state index in [0.29, 0.717) is 11.2 Å². The third-order valence-electron chi connectivity index (χ3n) is 3.73. The number of rotatable bonds is 3. The van der Waals surface area contributed by atoms with Gasteiger partial charge in [-0.3, -0.25) is 0 Å². The molecule has 1 saturated carbocycles. The number of benzene rings is 1. The summed E-state index contributed by atoms with van der Waals surface area (Å²) in [6.07, 6.45) is 8.18. The summed E-state index contributed by atoms with van der Waals surface area (Å²) in [7, 11) is 0. The van der Waals surface area contributed by atoms with Gasteiger partial charge in [0.2, 0.25) is 0 Å². The van der Waals surface area contributed by atoms with E-state index < -0.39 is 0 Å². The zero-order valence-corrected chi connectivity index (χ0v) is 13.3. The Labute approximate surface area is 134 Å². The van der Waals surface area contributed by atoms with Crippen LogP contribution in [-0.2, 0) is 0 Å². The third kappa shape index (κ3) is 3.98. The van der Waals surface area contributed by atoms with E-state index in [9.17, 15) is 0 Å². The Morgan fingerprint density at radius 3 is 2.57 bits per heavy atom. The second-order valence-electron chi connectivity index (χ2n) is 5.29. The maximum Gasteiger partial charge on any atom is 0.170 e. The summed E-state index contributed by atoms with van der Waals surface area (Å²) in [4.78, 5) is 1.07. The standard InChI is InChI=1S/C15H18N4S2/c20-15(17-12-4-2-1-3-5-12)18-13-8-6-11(7-9-13)14-10-16-19-21-14/h6-10,12H,1-5H2,(H2,17,18,20). The number of nitrogens with one attached hydrogen (secondary N) is 2. The molecular formula is C15H18N4S2. The van der Waals surface area contributed by atoms with Gasteiger partial charge in [-0.05, 0) is 54.3 Å². The first kappa shape index (κ1) is 14.4. The van der Waals surface area contributed by atoms with Crippen molar-refractivity contribution in [1.29, 1.82) is 0 Å². The molecular weight excluding hydrogens is 300 g/mol. The van der Waals surface area contributed by atoms with Crippen molar-refractivity contribution in [2.45, 2.75) is 38.1 Å². The second kappa shape index (κ2) is 6.95. The van der Waals surface area contributed by atoms with Gasteiger partial charge in [0.1, 0.15) is 0 Å². The zero-order valence-electron chi connectivity index (χ0n) is 11.7. The molecule has 1 aromatic heterocycles. The van der Waals surface area contributed by atoms with E-state index in [0.717, 1.165) is 16.1 Å². The molecule has 1 aromatic carbocycles. The molecule has 0 saturated heterocycles. The maximum atomic E-state index is 5.39. The summed E-state index contributed by atoms with van der Waals surface area (Å²) < 4.78 is 3.88. The fourth-order valence-corrected chi connectivity index (χ4v) is 3.41. The first-order chi connectivity index (χ1) is 10.3. The van der Waals surface area contributed by atoms with Gasteiger partial charge in [0, 0.05) is 11.7 Å². The van der Waals surface area contributed by atoms with Crippen LogP contribution in [0.4, 0.5) is 5.69 Å². The van der Waals surface area contributed by atoms with Gasteiger partial charge in [0.15, 0.2) is 5.11 Å². The van der Waals surface area contributed by atoms with Crippen molar-refractivity contribution >= 4 is 34.6 Å². The minimum atomic E-state index is 0.529. The molecule has 0 spiro atoms. The summed E-state index contributed by atoms with van der Waals surface area (Å²) >= 11 is 6.79. The molecule has 1 aliphatic carbocycles. The Hall–Kier alpha value is -1.53. The molecule has 21 heavy (non-hydrogen) atoms. The van der Waals surface area contributed by atoms with Crippen molar-refractivity contribution in [2.24, 2.45) is 0 Å². The first-order valence-electron chi connectivity index (χ1n) is 7.26. The van der Waals surface area contributed by atoms with Crippen molar-refractivity contribution < 1.29 is 0 Å². The fraction of sp³-hybridized carbons (Fsp3) is 0.400. The Morgan fingerprint density at radius 1 is 1.14 bits per heavy atom. The maximum absolute atomic E-state index is 5.39. The van der Waals surface area contributed by atoms with Gasteiger partial charge in [0.05, 0.1) is 11.1 Å². The lowest BCUT2D eigenvalue weighted by molar-refractivity contribution is 0.415. The van der Waals surface area contributed by atoms with Gasteiger partial charge in [-0.25, -0.2) is 0 Å². The Balaban J connectivity index is 1.56. The summed E-state index contributed by atoms with van der Waals surface area (Å²) in [5.41, 5.74) is 2.13. The monoisotopic (exact) mass is 318 g/mol. The number of hydrogen-bond donors (Lipinski definition) is 2. The van der Waals surface area contributed by atoms with Crippen molar-refractivity contribution in [1.82, 2.24) is 14.9 Å². The lowest BCUT2D eigenvalue weighted by Gasteiger charge is -2.24. The summed E-state index contributed by atoms with van der Waals surface area (Å²) in [6.45, 7) is 0. The van der Waals surface area contributed by atoms with E-state index in [1.54, 1.807) is 6.20 Å². The normalized spacial score (nSPS) is 15.6. The number of hydrogen-bond acceptors (Lipinski definition) is 4. The minimum Gasteiger partial charge on any atom is -0.360 e. The van der Waals surface area contributed by atoms with Gasteiger partial charge in [-0.15, -0.1) is 5.10 Å². The molecule has 0 atom stereocenters. The van der Waals surface area contributed by atoms with Crippen LogP contribution in [0.3, 0.4) is 0 Å². The zero-order chi connectivity index (χ0) is 14.5. The van der Waals surface area contributed by atoms with E-state index >= 15 is 0 Å². The van der Waals surface area contributed by atoms with Crippen LogP contribution < -0.4 is 10.6 Å². The number of thiocarbonyl (C=S) groups is 1. The van der Waals surface area contributed by atoms with Crippen LogP contribution in [0.25, 0.3) is 10.4 Å². The highest BCUT2D eigenvalue weighted by Crippen LogP contribution is 2.23. The van der Waals surface area contributed by atoms with Crippen LogP contribution in [0.5, 0.6) is 0 Å². The highest BCUT2D eigenvalue weighted by Gasteiger charge is 2.13. The number of nitrogens with zero attached hydrogens (tertiary/aromatic N) is 2. The van der Waals surface area contributed by atoms with Crippen molar-refractivity contribution in [2.75, 3.05) is 5.32 Å². The van der Waals surface area contributed by atoms with Crippen molar-refractivity contribution in [3.8, 4) is 10.4 Å².